The zero-order valence-corrected chi connectivity index (χ0v) is 13.4. The summed E-state index contributed by atoms with van der Waals surface area (Å²) in [5, 5.41) is -2.06. The average molecular weight is 367 g/mol. The van der Waals surface area contributed by atoms with Gasteiger partial charge in [-0.05, 0) is 12.8 Å². The van der Waals surface area contributed by atoms with Crippen LogP contribution in [0.15, 0.2) is 0 Å². The highest BCUT2D eigenvalue weighted by molar-refractivity contribution is 6.45. The lowest BCUT2D eigenvalue weighted by atomic mass is 9.97. The largest absolute Gasteiger partial charge is 0.123 e. The van der Waals surface area contributed by atoms with E-state index in [1.54, 1.807) is 0 Å². The first-order chi connectivity index (χ1) is 7.36. The minimum absolute atomic E-state index is 0.437. The maximum atomic E-state index is 5.88. The van der Waals surface area contributed by atoms with Gasteiger partial charge in [0.15, 0.2) is 0 Å². The first kappa shape index (κ1) is 16.1. The van der Waals surface area contributed by atoms with Crippen LogP contribution in [-0.2, 0) is 0 Å². The normalized spacial score (nSPS) is 48.2. The summed E-state index contributed by atoms with van der Waals surface area (Å²) < 4.78 is 0. The Labute approximate surface area is 131 Å². The lowest BCUT2D eigenvalue weighted by Gasteiger charge is -2.37. The molecular formula is C9H11Cl7. The monoisotopic (exact) mass is 364 g/mol. The molecule has 16 heavy (non-hydrogen) atoms. The van der Waals surface area contributed by atoms with Crippen molar-refractivity contribution in [2.45, 2.75) is 50.5 Å². The van der Waals surface area contributed by atoms with Crippen LogP contribution >= 0.6 is 81.2 Å². The summed E-state index contributed by atoms with van der Waals surface area (Å²) in [5.41, 5.74) is 0. The first-order valence-corrected chi connectivity index (χ1v) is 7.90. The molecule has 0 saturated heterocycles. The lowest BCUT2D eigenvalue weighted by Crippen LogP contribution is -2.52. The van der Waals surface area contributed by atoms with Gasteiger partial charge in [-0.1, -0.05) is 0 Å². The van der Waals surface area contributed by atoms with E-state index < -0.39 is 32.3 Å². The molecule has 0 N–H and O–H groups in total. The second-order valence-electron chi connectivity index (χ2n) is 3.84. The molecular weight excluding hydrogens is 356 g/mol. The van der Waals surface area contributed by atoms with E-state index in [-0.39, 0.29) is 0 Å². The van der Waals surface area contributed by atoms with Gasteiger partial charge in [0.2, 0.25) is 0 Å². The third-order valence-electron chi connectivity index (χ3n) is 2.33. The highest BCUT2D eigenvalue weighted by atomic mass is 35.5. The predicted molar refractivity (Wildman–Crippen MR) is 76.7 cm³/mol. The molecule has 0 nitrogen and oxygen atoms in total. The van der Waals surface area contributed by atoms with E-state index in [0.717, 1.165) is 0 Å². The number of rotatable bonds is 0. The minimum atomic E-state index is -0.437. The molecule has 0 radical (unpaired) electrons. The fourth-order valence-corrected chi connectivity index (χ4v) is 3.57. The molecule has 0 amide bonds. The summed E-state index contributed by atoms with van der Waals surface area (Å²) in [5.74, 6) is 0. The Balaban J connectivity index is 0.000000267. The summed E-state index contributed by atoms with van der Waals surface area (Å²) in [6.45, 7) is 0. The van der Waals surface area contributed by atoms with Gasteiger partial charge in [0.1, 0.15) is 0 Å². The molecule has 0 aromatic rings. The second kappa shape index (κ2) is 6.98. The van der Waals surface area contributed by atoms with E-state index in [9.17, 15) is 0 Å². The van der Waals surface area contributed by atoms with Crippen molar-refractivity contribution in [3.8, 4) is 0 Å². The van der Waals surface area contributed by atoms with Crippen molar-refractivity contribution in [1.82, 2.24) is 0 Å². The van der Waals surface area contributed by atoms with Gasteiger partial charge in [-0.15, -0.1) is 81.2 Å². The van der Waals surface area contributed by atoms with Gasteiger partial charge in [0.25, 0.3) is 0 Å². The van der Waals surface area contributed by atoms with Gasteiger partial charge in [-0.2, -0.15) is 0 Å². The summed E-state index contributed by atoms with van der Waals surface area (Å²) in [6.07, 6.45) is 2.50. The summed E-state index contributed by atoms with van der Waals surface area (Å²) >= 11 is 40.7. The Morgan fingerprint density at radius 1 is 0.438 bits per heavy atom. The van der Waals surface area contributed by atoms with Crippen molar-refractivity contribution in [1.29, 1.82) is 0 Å². The third kappa shape index (κ3) is 4.30. The minimum Gasteiger partial charge on any atom is -0.123 e. The zero-order valence-electron chi connectivity index (χ0n) is 8.10. The topological polar surface area (TPSA) is 0 Å². The Kier molecular flexibility index (Phi) is 7.02. The van der Waals surface area contributed by atoms with Crippen LogP contribution in [0.4, 0.5) is 0 Å². The highest BCUT2D eigenvalue weighted by Crippen LogP contribution is 2.39. The summed E-state index contributed by atoms with van der Waals surface area (Å²) in [6, 6.07) is 0. The fourth-order valence-electron chi connectivity index (χ4n) is 1.12. The smallest absolute Gasteiger partial charge is 0.0693 e. The Hall–Kier alpha value is 2.03. The van der Waals surface area contributed by atoms with Crippen molar-refractivity contribution in [3.63, 3.8) is 0 Å². The Morgan fingerprint density at radius 3 is 0.625 bits per heavy atom. The third-order valence-corrected chi connectivity index (χ3v) is 6.80. The molecule has 0 aromatic carbocycles. The van der Waals surface area contributed by atoms with E-state index in [4.69, 9.17) is 81.2 Å². The highest BCUT2D eigenvalue weighted by Gasteiger charge is 2.46. The van der Waals surface area contributed by atoms with Gasteiger partial charge in [-0.3, -0.25) is 0 Å². The van der Waals surface area contributed by atoms with Crippen LogP contribution in [0.1, 0.15) is 12.8 Å². The molecule has 0 aliphatic heterocycles. The van der Waals surface area contributed by atoms with Crippen molar-refractivity contribution in [2.75, 3.05) is 0 Å². The SMILES string of the molecule is ClC1CC1.Cl[C@H]1[C@H](Cl)[C@@H](Cl)[C@@H](Cl)[C@H](Cl)[C@H]1Cl. The van der Waals surface area contributed by atoms with E-state index in [1.807, 2.05) is 0 Å². The molecule has 0 heterocycles. The second-order valence-corrected chi connectivity index (χ2v) is 7.48. The van der Waals surface area contributed by atoms with Crippen molar-refractivity contribution >= 4 is 81.2 Å². The van der Waals surface area contributed by atoms with E-state index in [2.05, 4.69) is 0 Å². The number of halogens is 7. The van der Waals surface area contributed by atoms with Crippen LogP contribution in [0.2, 0.25) is 0 Å². The number of alkyl halides is 7. The standard InChI is InChI=1S/C6H6Cl6.C3H5Cl/c7-1-2(8)4(10)6(12)5(11)3(1)9;4-3-1-2-3/h1-6H;3H,1-2H2/t1-,2-,3-,4+,5+,6+;. The summed E-state index contributed by atoms with van der Waals surface area (Å²) in [4.78, 5) is 0. The van der Waals surface area contributed by atoms with E-state index in [0.29, 0.717) is 5.38 Å². The van der Waals surface area contributed by atoms with Gasteiger partial charge in [-0.25, -0.2) is 0 Å². The molecule has 2 aliphatic rings. The fraction of sp³-hybridized carbons (Fsp3) is 1.00. The molecule has 7 heteroatoms. The first-order valence-electron chi connectivity index (χ1n) is 4.84. The summed E-state index contributed by atoms with van der Waals surface area (Å²) in [7, 11) is 0. The Bertz CT molecular complexity index is 161. The van der Waals surface area contributed by atoms with E-state index >= 15 is 0 Å². The van der Waals surface area contributed by atoms with Crippen LogP contribution in [-0.4, -0.2) is 37.6 Å². The molecule has 2 saturated carbocycles. The predicted octanol–water partition coefficient (Wildman–Crippen LogP) is 5.03. The molecule has 0 atom stereocenters. The maximum absolute atomic E-state index is 5.88. The average Bonchev–Trinajstić information content (AvgIpc) is 3.04. The number of hydrogen-bond acceptors (Lipinski definition) is 0. The molecule has 0 bridgehead atoms. The molecule has 0 unspecified atom stereocenters. The van der Waals surface area contributed by atoms with Gasteiger partial charge >= 0.3 is 0 Å². The van der Waals surface area contributed by atoms with Crippen molar-refractivity contribution in [3.05, 3.63) is 0 Å². The van der Waals surface area contributed by atoms with Crippen LogP contribution < -0.4 is 0 Å². The van der Waals surface area contributed by atoms with Gasteiger partial charge < -0.3 is 0 Å². The van der Waals surface area contributed by atoms with Gasteiger partial charge in [0.05, 0.1) is 32.3 Å². The molecule has 0 aromatic heterocycles. The van der Waals surface area contributed by atoms with Crippen LogP contribution in [0.3, 0.4) is 0 Å². The van der Waals surface area contributed by atoms with Crippen LogP contribution in [0.5, 0.6) is 0 Å². The van der Waals surface area contributed by atoms with Crippen LogP contribution in [0, 0.1) is 0 Å². The van der Waals surface area contributed by atoms with E-state index in [1.165, 1.54) is 12.8 Å². The molecule has 0 spiro atoms. The van der Waals surface area contributed by atoms with Crippen molar-refractivity contribution in [2.24, 2.45) is 0 Å². The zero-order chi connectivity index (χ0) is 12.5. The molecule has 2 aliphatic carbocycles. The number of hydrogen-bond donors (Lipinski definition) is 0. The van der Waals surface area contributed by atoms with Crippen LogP contribution in [0.25, 0.3) is 0 Å². The molecule has 2 rings (SSSR count). The molecule has 96 valence electrons. The molecule has 2 fully saturated rings. The van der Waals surface area contributed by atoms with Crippen molar-refractivity contribution < 1.29 is 0 Å². The Morgan fingerprint density at radius 2 is 0.562 bits per heavy atom. The maximum Gasteiger partial charge on any atom is 0.0693 e. The van der Waals surface area contributed by atoms with Gasteiger partial charge in [0, 0.05) is 5.38 Å². The lowest BCUT2D eigenvalue weighted by molar-refractivity contribution is 0.544. The quantitative estimate of drug-likeness (QED) is 0.527.